The van der Waals surface area contributed by atoms with Gasteiger partial charge in [0.05, 0.1) is 16.7 Å². The van der Waals surface area contributed by atoms with Crippen LogP contribution >= 0.6 is 0 Å². The van der Waals surface area contributed by atoms with E-state index in [1.807, 2.05) is 4.90 Å². The number of nitrogens with two attached hydrogens (primary N) is 1. The third-order valence-corrected chi connectivity index (χ3v) is 7.15. The number of imide groups is 2. The van der Waals surface area contributed by atoms with Crippen LogP contribution in [0.1, 0.15) is 52.0 Å². The Labute approximate surface area is 173 Å². The number of nitrogens with one attached hydrogen (secondary N) is 1. The van der Waals surface area contributed by atoms with Crippen LogP contribution in [-0.2, 0) is 16.1 Å². The van der Waals surface area contributed by atoms with Gasteiger partial charge in [0.25, 0.3) is 11.8 Å². The van der Waals surface area contributed by atoms with Gasteiger partial charge in [0.2, 0.25) is 11.8 Å². The molecule has 0 spiro atoms. The first-order valence-corrected chi connectivity index (χ1v) is 10.3. The summed E-state index contributed by atoms with van der Waals surface area (Å²) < 4.78 is 0. The molecule has 3 fully saturated rings. The van der Waals surface area contributed by atoms with Gasteiger partial charge >= 0.3 is 0 Å². The second-order valence-electron chi connectivity index (χ2n) is 8.95. The van der Waals surface area contributed by atoms with Crippen molar-refractivity contribution in [3.63, 3.8) is 0 Å². The maximum Gasteiger partial charge on any atom is 0.262 e. The largest absolute Gasteiger partial charge is 0.387 e. The summed E-state index contributed by atoms with van der Waals surface area (Å²) in [7, 11) is 0. The van der Waals surface area contributed by atoms with Gasteiger partial charge in [-0.1, -0.05) is 12.1 Å². The van der Waals surface area contributed by atoms with Crippen molar-refractivity contribution in [3.8, 4) is 0 Å². The van der Waals surface area contributed by atoms with Crippen LogP contribution in [0.15, 0.2) is 18.2 Å². The Hall–Kier alpha value is -2.62. The molecule has 4 aliphatic rings. The predicted octanol–water partition coefficient (Wildman–Crippen LogP) is -0.627. The van der Waals surface area contributed by atoms with Crippen LogP contribution in [0.5, 0.6) is 0 Å². The molecule has 1 aromatic rings. The van der Waals surface area contributed by atoms with Gasteiger partial charge in [0.15, 0.2) is 0 Å². The fourth-order valence-electron chi connectivity index (χ4n) is 5.11. The van der Waals surface area contributed by atoms with Crippen LogP contribution in [0.25, 0.3) is 0 Å². The Bertz CT molecular complexity index is 980. The van der Waals surface area contributed by atoms with E-state index in [1.165, 1.54) is 0 Å². The Morgan fingerprint density at radius 2 is 1.87 bits per heavy atom. The van der Waals surface area contributed by atoms with E-state index in [4.69, 9.17) is 5.73 Å². The lowest BCUT2D eigenvalue weighted by Crippen LogP contribution is -2.67. The van der Waals surface area contributed by atoms with Crippen molar-refractivity contribution in [1.82, 2.24) is 15.1 Å². The minimum atomic E-state index is -0.976. The number of hydrogen-bond acceptors (Lipinski definition) is 7. The highest BCUT2D eigenvalue weighted by atomic mass is 16.3. The number of benzene rings is 1. The SMILES string of the molecule is NCC1(C2(O)CN(Cc3cccc4c3C(=O)N(C3CCC(=O)NC3=O)C4=O)C2)CC1. The number of carbonyl (C=O) groups excluding carboxylic acids is 4. The van der Waals surface area contributed by atoms with Gasteiger partial charge in [0, 0.05) is 38.0 Å². The third kappa shape index (κ3) is 2.65. The van der Waals surface area contributed by atoms with Gasteiger partial charge in [-0.15, -0.1) is 0 Å². The number of piperidine rings is 1. The summed E-state index contributed by atoms with van der Waals surface area (Å²) in [5.74, 6) is -2.03. The quantitative estimate of drug-likeness (QED) is 0.549. The summed E-state index contributed by atoms with van der Waals surface area (Å²) in [6, 6.07) is 4.13. The second-order valence-corrected chi connectivity index (χ2v) is 8.95. The molecule has 0 bridgehead atoms. The summed E-state index contributed by atoms with van der Waals surface area (Å²) in [6.07, 6.45) is 2.09. The van der Waals surface area contributed by atoms with Gasteiger partial charge < -0.3 is 10.8 Å². The van der Waals surface area contributed by atoms with Gasteiger partial charge in [-0.05, 0) is 30.9 Å². The summed E-state index contributed by atoms with van der Waals surface area (Å²) in [6.45, 7) is 1.85. The number of carbonyl (C=O) groups is 4. The summed E-state index contributed by atoms with van der Waals surface area (Å²) in [5, 5.41) is 13.1. The molecule has 1 saturated carbocycles. The van der Waals surface area contributed by atoms with E-state index in [9.17, 15) is 24.3 Å². The molecular weight excluding hydrogens is 388 g/mol. The van der Waals surface area contributed by atoms with E-state index in [1.54, 1.807) is 18.2 Å². The number of fused-ring (bicyclic) bond motifs is 1. The van der Waals surface area contributed by atoms with Crippen LogP contribution in [0, 0.1) is 5.41 Å². The van der Waals surface area contributed by atoms with Crippen molar-refractivity contribution in [1.29, 1.82) is 0 Å². The molecular formula is C21H24N4O5. The smallest absolute Gasteiger partial charge is 0.262 e. The normalized spacial score (nSPS) is 27.0. The highest BCUT2D eigenvalue weighted by molar-refractivity contribution is 6.24. The lowest BCUT2D eigenvalue weighted by Gasteiger charge is -2.51. The zero-order valence-corrected chi connectivity index (χ0v) is 16.5. The van der Waals surface area contributed by atoms with Crippen molar-refractivity contribution in [3.05, 3.63) is 34.9 Å². The van der Waals surface area contributed by atoms with E-state index in [2.05, 4.69) is 5.32 Å². The lowest BCUT2D eigenvalue weighted by molar-refractivity contribution is -0.147. The Morgan fingerprint density at radius 1 is 1.13 bits per heavy atom. The van der Waals surface area contributed by atoms with Gasteiger partial charge in [-0.3, -0.25) is 34.3 Å². The van der Waals surface area contributed by atoms with Crippen LogP contribution < -0.4 is 11.1 Å². The zero-order chi connectivity index (χ0) is 21.3. The topological polar surface area (TPSA) is 133 Å². The van der Waals surface area contributed by atoms with Crippen molar-refractivity contribution in [2.24, 2.45) is 11.1 Å². The first kappa shape index (κ1) is 19.3. The molecule has 2 saturated heterocycles. The van der Waals surface area contributed by atoms with Crippen molar-refractivity contribution >= 4 is 23.6 Å². The van der Waals surface area contributed by atoms with E-state index < -0.39 is 35.3 Å². The highest BCUT2D eigenvalue weighted by Crippen LogP contribution is 2.56. The molecule has 4 N–H and O–H groups in total. The van der Waals surface area contributed by atoms with E-state index in [0.29, 0.717) is 37.3 Å². The molecule has 0 radical (unpaired) electrons. The Morgan fingerprint density at radius 3 is 2.50 bits per heavy atom. The molecule has 1 unspecified atom stereocenters. The zero-order valence-electron chi connectivity index (χ0n) is 16.5. The summed E-state index contributed by atoms with van der Waals surface area (Å²) in [4.78, 5) is 52.7. The summed E-state index contributed by atoms with van der Waals surface area (Å²) in [5.41, 5.74) is 6.16. The Kier molecular flexibility index (Phi) is 4.15. The number of rotatable bonds is 5. The maximum atomic E-state index is 13.1. The molecule has 1 aliphatic carbocycles. The maximum absolute atomic E-state index is 13.1. The molecule has 158 valence electrons. The fourth-order valence-corrected chi connectivity index (χ4v) is 5.11. The number of nitrogens with zero attached hydrogens (tertiary/aromatic N) is 2. The second kappa shape index (κ2) is 6.44. The fraction of sp³-hybridized carbons (Fsp3) is 0.524. The number of aliphatic hydroxyl groups is 1. The van der Waals surface area contributed by atoms with E-state index in [-0.39, 0.29) is 23.8 Å². The molecule has 5 rings (SSSR count). The molecule has 30 heavy (non-hydrogen) atoms. The molecule has 9 nitrogen and oxygen atoms in total. The van der Waals surface area contributed by atoms with Gasteiger partial charge in [0.1, 0.15) is 6.04 Å². The third-order valence-electron chi connectivity index (χ3n) is 7.15. The molecule has 3 heterocycles. The average molecular weight is 412 g/mol. The molecule has 1 aromatic carbocycles. The van der Waals surface area contributed by atoms with Gasteiger partial charge in [-0.2, -0.15) is 0 Å². The lowest BCUT2D eigenvalue weighted by atomic mass is 9.77. The van der Waals surface area contributed by atoms with E-state index in [0.717, 1.165) is 17.7 Å². The minimum Gasteiger partial charge on any atom is -0.387 e. The van der Waals surface area contributed by atoms with Crippen LogP contribution in [0.3, 0.4) is 0 Å². The van der Waals surface area contributed by atoms with Crippen molar-refractivity contribution in [2.75, 3.05) is 19.6 Å². The summed E-state index contributed by atoms with van der Waals surface area (Å²) >= 11 is 0. The van der Waals surface area contributed by atoms with Crippen LogP contribution in [0.4, 0.5) is 0 Å². The average Bonchev–Trinajstić information content (AvgIpc) is 3.45. The molecule has 9 heteroatoms. The number of β-amino-alcohol motifs (C(OH)–C–C–N with tert-alkyl or cyclic N) is 1. The van der Waals surface area contributed by atoms with Crippen LogP contribution in [-0.4, -0.2) is 69.8 Å². The molecule has 3 aliphatic heterocycles. The standard InChI is InChI=1S/C21H24N4O5/c22-9-20(6-7-20)21(30)10-24(11-21)8-12-2-1-3-13-16(12)19(29)25(18(13)28)14-4-5-15(26)23-17(14)27/h1-3,14,30H,4-11,22H2,(H,23,26,27). The number of hydrogen-bond donors (Lipinski definition) is 3. The van der Waals surface area contributed by atoms with Crippen LogP contribution in [0.2, 0.25) is 0 Å². The highest BCUT2D eigenvalue weighted by Gasteiger charge is 2.62. The monoisotopic (exact) mass is 412 g/mol. The number of amides is 4. The van der Waals surface area contributed by atoms with E-state index >= 15 is 0 Å². The predicted molar refractivity (Wildman–Crippen MR) is 104 cm³/mol. The first-order chi connectivity index (χ1) is 14.3. The van der Waals surface area contributed by atoms with Crippen molar-refractivity contribution < 1.29 is 24.3 Å². The Balaban J connectivity index is 1.36. The number of likely N-dealkylation sites (tertiary alicyclic amines) is 1. The first-order valence-electron chi connectivity index (χ1n) is 10.3. The molecule has 4 amide bonds. The molecule has 0 aromatic heterocycles. The van der Waals surface area contributed by atoms with Gasteiger partial charge in [-0.25, -0.2) is 0 Å². The minimum absolute atomic E-state index is 0.0892. The van der Waals surface area contributed by atoms with Crippen molar-refractivity contribution in [2.45, 2.75) is 43.9 Å². The molecule has 1 atom stereocenters.